The molecule has 0 radical (unpaired) electrons. The SMILES string of the molecule is CCC(C)N1C(N)=NCC1(C)c1cc(OC)ccc1OC. The topological polar surface area (TPSA) is 60.1 Å². The molecule has 0 spiro atoms. The van der Waals surface area contributed by atoms with Gasteiger partial charge >= 0.3 is 0 Å². The number of rotatable bonds is 5. The minimum absolute atomic E-state index is 0.303. The zero-order valence-corrected chi connectivity index (χ0v) is 13.5. The Morgan fingerprint density at radius 1 is 1.38 bits per heavy atom. The molecule has 0 aliphatic carbocycles. The van der Waals surface area contributed by atoms with Gasteiger partial charge in [-0.25, -0.2) is 0 Å². The molecule has 0 saturated heterocycles. The summed E-state index contributed by atoms with van der Waals surface area (Å²) in [6.07, 6.45) is 0.998. The second kappa shape index (κ2) is 5.84. The summed E-state index contributed by atoms with van der Waals surface area (Å²) >= 11 is 0. The minimum atomic E-state index is -0.320. The second-order valence-corrected chi connectivity index (χ2v) is 5.64. The normalized spacial score (nSPS) is 22.9. The standard InChI is InChI=1S/C16H25N3O2/c1-6-11(2)19-15(17)18-10-16(19,3)13-9-12(20-4)7-8-14(13)21-5/h7-9,11H,6,10H2,1-5H3,(H2,17,18). The molecule has 5 heteroatoms. The monoisotopic (exact) mass is 291 g/mol. The van der Waals surface area contributed by atoms with E-state index >= 15 is 0 Å². The van der Waals surface area contributed by atoms with Crippen LogP contribution >= 0.6 is 0 Å². The zero-order valence-electron chi connectivity index (χ0n) is 13.5. The van der Waals surface area contributed by atoms with E-state index in [0.29, 0.717) is 18.5 Å². The van der Waals surface area contributed by atoms with E-state index in [-0.39, 0.29) is 5.54 Å². The first-order valence-corrected chi connectivity index (χ1v) is 7.29. The average molecular weight is 291 g/mol. The van der Waals surface area contributed by atoms with Crippen LogP contribution in [0.5, 0.6) is 11.5 Å². The van der Waals surface area contributed by atoms with Gasteiger partial charge in [0.1, 0.15) is 11.5 Å². The molecule has 1 aromatic rings. The molecular formula is C16H25N3O2. The Kier molecular flexibility index (Phi) is 4.30. The first-order valence-electron chi connectivity index (χ1n) is 7.29. The molecule has 0 amide bonds. The Bertz CT molecular complexity index is 544. The molecule has 0 fully saturated rings. The first kappa shape index (κ1) is 15.5. The number of methoxy groups -OCH3 is 2. The van der Waals surface area contributed by atoms with E-state index in [1.807, 2.05) is 18.2 Å². The Balaban J connectivity index is 2.53. The molecular weight excluding hydrogens is 266 g/mol. The van der Waals surface area contributed by atoms with Crippen LogP contribution in [0.1, 0.15) is 32.8 Å². The van der Waals surface area contributed by atoms with Gasteiger partial charge in [0.2, 0.25) is 0 Å². The summed E-state index contributed by atoms with van der Waals surface area (Å²) in [6.45, 7) is 7.09. The Hall–Kier alpha value is -1.91. The lowest BCUT2D eigenvalue weighted by Gasteiger charge is -2.41. The van der Waals surface area contributed by atoms with Gasteiger partial charge in [-0.1, -0.05) is 6.92 Å². The van der Waals surface area contributed by atoms with E-state index in [9.17, 15) is 0 Å². The fourth-order valence-corrected chi connectivity index (χ4v) is 2.98. The van der Waals surface area contributed by atoms with Crippen LogP contribution in [0.2, 0.25) is 0 Å². The van der Waals surface area contributed by atoms with Gasteiger partial charge in [0.25, 0.3) is 0 Å². The fraction of sp³-hybridized carbons (Fsp3) is 0.562. The summed E-state index contributed by atoms with van der Waals surface area (Å²) < 4.78 is 10.9. The molecule has 0 bridgehead atoms. The van der Waals surface area contributed by atoms with Gasteiger partial charge in [0, 0.05) is 11.6 Å². The number of aliphatic imine (C=N–C) groups is 1. The predicted molar refractivity (Wildman–Crippen MR) is 85.0 cm³/mol. The van der Waals surface area contributed by atoms with Crippen LogP contribution in [-0.2, 0) is 5.54 Å². The quantitative estimate of drug-likeness (QED) is 0.904. The molecule has 2 unspecified atom stereocenters. The first-order chi connectivity index (χ1) is 9.97. The highest BCUT2D eigenvalue weighted by molar-refractivity contribution is 5.82. The van der Waals surface area contributed by atoms with Crippen molar-refractivity contribution in [3.63, 3.8) is 0 Å². The molecule has 1 aliphatic rings. The lowest BCUT2D eigenvalue weighted by atomic mass is 9.88. The molecule has 1 heterocycles. The van der Waals surface area contributed by atoms with Crippen molar-refractivity contribution in [2.24, 2.45) is 10.7 Å². The zero-order chi connectivity index (χ0) is 15.6. The molecule has 21 heavy (non-hydrogen) atoms. The minimum Gasteiger partial charge on any atom is -0.497 e. The number of nitrogens with two attached hydrogens (primary N) is 1. The number of ether oxygens (including phenoxy) is 2. The number of nitrogens with zero attached hydrogens (tertiary/aromatic N) is 2. The molecule has 1 aliphatic heterocycles. The highest BCUT2D eigenvalue weighted by Crippen LogP contribution is 2.41. The predicted octanol–water partition coefficient (Wildman–Crippen LogP) is 2.35. The Morgan fingerprint density at radius 2 is 2.10 bits per heavy atom. The average Bonchev–Trinajstić information content (AvgIpc) is 2.82. The Labute approximate surface area is 126 Å². The summed E-state index contributed by atoms with van der Waals surface area (Å²) in [5.74, 6) is 2.23. The largest absolute Gasteiger partial charge is 0.497 e. The molecule has 116 valence electrons. The molecule has 1 aromatic carbocycles. The summed E-state index contributed by atoms with van der Waals surface area (Å²) in [7, 11) is 3.35. The van der Waals surface area contributed by atoms with Gasteiger partial charge in [-0.15, -0.1) is 0 Å². The third-order valence-electron chi connectivity index (χ3n) is 4.35. The second-order valence-electron chi connectivity index (χ2n) is 5.64. The summed E-state index contributed by atoms with van der Waals surface area (Å²) in [5.41, 5.74) is 6.86. The molecule has 5 nitrogen and oxygen atoms in total. The van der Waals surface area contributed by atoms with E-state index < -0.39 is 0 Å². The third kappa shape index (κ3) is 2.52. The lowest BCUT2D eigenvalue weighted by Crippen LogP contribution is -2.51. The van der Waals surface area contributed by atoms with Gasteiger partial charge in [0.15, 0.2) is 5.96 Å². The van der Waals surface area contributed by atoms with Crippen LogP contribution in [0.3, 0.4) is 0 Å². The lowest BCUT2D eigenvalue weighted by molar-refractivity contribution is 0.167. The summed E-state index contributed by atoms with van der Waals surface area (Å²) in [6, 6.07) is 6.15. The van der Waals surface area contributed by atoms with E-state index in [1.165, 1.54) is 0 Å². The van der Waals surface area contributed by atoms with Crippen LogP contribution in [0.4, 0.5) is 0 Å². The molecule has 0 saturated carbocycles. The van der Waals surface area contributed by atoms with Crippen molar-refractivity contribution < 1.29 is 9.47 Å². The van der Waals surface area contributed by atoms with Crippen molar-refractivity contribution in [3.05, 3.63) is 23.8 Å². The van der Waals surface area contributed by atoms with Crippen LogP contribution in [-0.4, -0.2) is 37.7 Å². The van der Waals surface area contributed by atoms with E-state index in [4.69, 9.17) is 15.2 Å². The van der Waals surface area contributed by atoms with Crippen molar-refractivity contribution in [2.75, 3.05) is 20.8 Å². The number of guanidine groups is 1. The number of hydrogen-bond acceptors (Lipinski definition) is 5. The highest BCUT2D eigenvalue weighted by Gasteiger charge is 2.43. The fourth-order valence-electron chi connectivity index (χ4n) is 2.98. The smallest absolute Gasteiger partial charge is 0.192 e. The van der Waals surface area contributed by atoms with Crippen molar-refractivity contribution in [2.45, 2.75) is 38.8 Å². The van der Waals surface area contributed by atoms with Gasteiger partial charge in [-0.3, -0.25) is 4.99 Å². The van der Waals surface area contributed by atoms with Crippen LogP contribution in [0.15, 0.2) is 23.2 Å². The number of benzene rings is 1. The van der Waals surface area contributed by atoms with Gasteiger partial charge in [-0.05, 0) is 38.5 Å². The van der Waals surface area contributed by atoms with E-state index in [2.05, 4.69) is 30.7 Å². The van der Waals surface area contributed by atoms with E-state index in [0.717, 1.165) is 23.5 Å². The third-order valence-corrected chi connectivity index (χ3v) is 4.35. The molecule has 2 N–H and O–H groups in total. The summed E-state index contributed by atoms with van der Waals surface area (Å²) in [5, 5.41) is 0. The van der Waals surface area contributed by atoms with Crippen molar-refractivity contribution in [3.8, 4) is 11.5 Å². The van der Waals surface area contributed by atoms with Crippen LogP contribution in [0.25, 0.3) is 0 Å². The van der Waals surface area contributed by atoms with Crippen molar-refractivity contribution in [1.29, 1.82) is 0 Å². The highest BCUT2D eigenvalue weighted by atomic mass is 16.5. The maximum atomic E-state index is 6.13. The van der Waals surface area contributed by atoms with Crippen LogP contribution < -0.4 is 15.2 Å². The van der Waals surface area contributed by atoms with Gasteiger partial charge in [-0.2, -0.15) is 0 Å². The van der Waals surface area contributed by atoms with E-state index in [1.54, 1.807) is 14.2 Å². The number of hydrogen-bond donors (Lipinski definition) is 1. The molecule has 2 rings (SSSR count). The van der Waals surface area contributed by atoms with Gasteiger partial charge in [0.05, 0.1) is 26.3 Å². The van der Waals surface area contributed by atoms with Crippen LogP contribution in [0, 0.1) is 0 Å². The molecule has 0 aromatic heterocycles. The van der Waals surface area contributed by atoms with Gasteiger partial charge < -0.3 is 20.1 Å². The van der Waals surface area contributed by atoms with Crippen molar-refractivity contribution in [1.82, 2.24) is 4.90 Å². The maximum Gasteiger partial charge on any atom is 0.192 e. The maximum absolute atomic E-state index is 6.13. The molecule has 2 atom stereocenters. The summed E-state index contributed by atoms with van der Waals surface area (Å²) in [4.78, 5) is 6.66. The Morgan fingerprint density at radius 3 is 2.67 bits per heavy atom. The van der Waals surface area contributed by atoms with Crippen molar-refractivity contribution >= 4 is 5.96 Å².